The predicted molar refractivity (Wildman–Crippen MR) is 56.0 cm³/mol. The van der Waals surface area contributed by atoms with Crippen LogP contribution >= 0.6 is 15.9 Å². The van der Waals surface area contributed by atoms with E-state index in [-0.39, 0.29) is 6.79 Å². The fraction of sp³-hybridized carbons (Fsp3) is 0.300. The number of hydrogen-bond acceptors (Lipinski definition) is 3. The minimum absolute atomic E-state index is 0.173. The molecule has 0 spiro atoms. The minimum Gasteiger partial charge on any atom is -0.466 e. The Morgan fingerprint density at radius 1 is 1.50 bits per heavy atom. The van der Waals surface area contributed by atoms with E-state index in [1.165, 1.54) is 0 Å². The van der Waals surface area contributed by atoms with E-state index in [1.807, 2.05) is 13.0 Å². The molecule has 0 aliphatic rings. The predicted octanol–water partition coefficient (Wildman–Crippen LogP) is 2.69. The first-order chi connectivity index (χ1) is 6.77. The average Bonchev–Trinajstić information content (AvgIpc) is 2.20. The minimum atomic E-state index is 0.173. The van der Waals surface area contributed by atoms with Crippen molar-refractivity contribution in [2.45, 2.75) is 6.92 Å². The first-order valence-electron chi connectivity index (χ1n) is 4.18. The van der Waals surface area contributed by atoms with Crippen LogP contribution in [0.2, 0.25) is 0 Å². The highest BCUT2D eigenvalue weighted by atomic mass is 79.9. The molecular weight excluding hydrogens is 246 g/mol. The molecule has 0 aliphatic heterocycles. The van der Waals surface area contributed by atoms with Crippen LogP contribution < -0.4 is 4.74 Å². The Kier molecular flexibility index (Phi) is 4.44. The van der Waals surface area contributed by atoms with Crippen LogP contribution in [0.4, 0.5) is 0 Å². The zero-order valence-corrected chi connectivity index (χ0v) is 9.37. The summed E-state index contributed by atoms with van der Waals surface area (Å²) in [5, 5.41) is 8.81. The Morgan fingerprint density at radius 3 is 2.93 bits per heavy atom. The molecule has 0 fully saturated rings. The number of ether oxygens (including phenoxy) is 2. The molecule has 0 heterocycles. The third-order valence-electron chi connectivity index (χ3n) is 1.56. The van der Waals surface area contributed by atoms with Gasteiger partial charge in [0.05, 0.1) is 5.56 Å². The lowest BCUT2D eigenvalue weighted by molar-refractivity contribution is 0.0222. The first kappa shape index (κ1) is 11.0. The zero-order valence-electron chi connectivity index (χ0n) is 7.79. The fourth-order valence-electron chi connectivity index (χ4n) is 0.904. The molecule has 0 unspecified atom stereocenters. The Balaban J connectivity index is 2.72. The van der Waals surface area contributed by atoms with Crippen molar-refractivity contribution in [1.82, 2.24) is 0 Å². The number of halogens is 1. The van der Waals surface area contributed by atoms with E-state index in [0.29, 0.717) is 17.9 Å². The summed E-state index contributed by atoms with van der Waals surface area (Å²) in [4.78, 5) is 0. The molecule has 4 heteroatoms. The third kappa shape index (κ3) is 3.02. The monoisotopic (exact) mass is 255 g/mol. The van der Waals surface area contributed by atoms with Crippen LogP contribution in [0, 0.1) is 11.3 Å². The van der Waals surface area contributed by atoms with E-state index < -0.39 is 0 Å². The molecule has 0 bridgehead atoms. The molecule has 14 heavy (non-hydrogen) atoms. The largest absolute Gasteiger partial charge is 0.466 e. The molecular formula is C10H10BrNO2. The Labute approximate surface area is 91.4 Å². The molecule has 0 radical (unpaired) electrons. The maximum Gasteiger partial charge on any atom is 0.189 e. The van der Waals surface area contributed by atoms with Gasteiger partial charge in [-0.3, -0.25) is 0 Å². The van der Waals surface area contributed by atoms with Crippen molar-refractivity contribution in [2.75, 3.05) is 13.4 Å². The van der Waals surface area contributed by atoms with Crippen LogP contribution in [-0.2, 0) is 4.74 Å². The molecule has 1 rings (SSSR count). The normalized spacial score (nSPS) is 9.50. The Hall–Kier alpha value is -1.05. The van der Waals surface area contributed by atoms with Crippen molar-refractivity contribution in [2.24, 2.45) is 0 Å². The van der Waals surface area contributed by atoms with E-state index in [4.69, 9.17) is 14.7 Å². The molecule has 0 N–H and O–H groups in total. The second-order valence-corrected chi connectivity index (χ2v) is 3.42. The number of nitriles is 1. The zero-order chi connectivity index (χ0) is 10.4. The third-order valence-corrected chi connectivity index (χ3v) is 2.06. The SMILES string of the molecule is CCOCOc1ccc(Br)cc1C#N. The maximum atomic E-state index is 8.81. The van der Waals surface area contributed by atoms with E-state index in [9.17, 15) is 0 Å². The highest BCUT2D eigenvalue weighted by Gasteiger charge is 2.03. The highest BCUT2D eigenvalue weighted by molar-refractivity contribution is 9.10. The fourth-order valence-corrected chi connectivity index (χ4v) is 1.27. The number of nitrogens with zero attached hydrogens (tertiary/aromatic N) is 1. The van der Waals surface area contributed by atoms with Crippen molar-refractivity contribution in [3.8, 4) is 11.8 Å². The van der Waals surface area contributed by atoms with E-state index in [2.05, 4.69) is 22.0 Å². The second kappa shape index (κ2) is 5.63. The molecule has 0 saturated carbocycles. The van der Waals surface area contributed by atoms with Gasteiger partial charge in [0.15, 0.2) is 6.79 Å². The molecule has 0 atom stereocenters. The molecule has 0 aliphatic carbocycles. The standard InChI is InChI=1S/C10H10BrNO2/c1-2-13-7-14-10-4-3-9(11)5-8(10)6-12/h3-5H,2,7H2,1H3. The smallest absolute Gasteiger partial charge is 0.189 e. The van der Waals surface area contributed by atoms with Crippen molar-refractivity contribution in [3.05, 3.63) is 28.2 Å². The maximum absolute atomic E-state index is 8.81. The van der Waals surface area contributed by atoms with Gasteiger partial charge in [0.25, 0.3) is 0 Å². The van der Waals surface area contributed by atoms with Gasteiger partial charge >= 0.3 is 0 Å². The van der Waals surface area contributed by atoms with E-state index in [0.717, 1.165) is 4.47 Å². The van der Waals surface area contributed by atoms with Crippen molar-refractivity contribution >= 4 is 15.9 Å². The van der Waals surface area contributed by atoms with Crippen molar-refractivity contribution < 1.29 is 9.47 Å². The molecule has 0 amide bonds. The van der Waals surface area contributed by atoms with Crippen LogP contribution in [0.5, 0.6) is 5.75 Å². The summed E-state index contributed by atoms with van der Waals surface area (Å²) in [6.07, 6.45) is 0. The Morgan fingerprint density at radius 2 is 2.29 bits per heavy atom. The van der Waals surface area contributed by atoms with Gasteiger partial charge in [0, 0.05) is 11.1 Å². The first-order valence-corrected chi connectivity index (χ1v) is 4.97. The van der Waals surface area contributed by atoms with Gasteiger partial charge in [-0.15, -0.1) is 0 Å². The van der Waals surface area contributed by atoms with Crippen LogP contribution in [-0.4, -0.2) is 13.4 Å². The van der Waals surface area contributed by atoms with E-state index >= 15 is 0 Å². The lowest BCUT2D eigenvalue weighted by Gasteiger charge is -2.07. The molecule has 74 valence electrons. The van der Waals surface area contributed by atoms with Gasteiger partial charge in [-0.1, -0.05) is 15.9 Å². The van der Waals surface area contributed by atoms with Gasteiger partial charge in [0.2, 0.25) is 0 Å². The van der Waals surface area contributed by atoms with Gasteiger partial charge in [-0.05, 0) is 25.1 Å². The van der Waals surface area contributed by atoms with Crippen LogP contribution in [0.15, 0.2) is 22.7 Å². The van der Waals surface area contributed by atoms with Gasteiger partial charge < -0.3 is 9.47 Å². The second-order valence-electron chi connectivity index (χ2n) is 2.51. The number of hydrogen-bond donors (Lipinski definition) is 0. The Bertz CT molecular complexity index is 346. The summed E-state index contributed by atoms with van der Waals surface area (Å²) < 4.78 is 11.1. The summed E-state index contributed by atoms with van der Waals surface area (Å²) >= 11 is 3.28. The summed E-state index contributed by atoms with van der Waals surface area (Å²) in [5.41, 5.74) is 0.499. The molecule has 0 aromatic heterocycles. The molecule has 0 saturated heterocycles. The molecule has 1 aromatic rings. The van der Waals surface area contributed by atoms with Crippen molar-refractivity contribution in [3.63, 3.8) is 0 Å². The number of rotatable bonds is 4. The highest BCUT2D eigenvalue weighted by Crippen LogP contribution is 2.22. The summed E-state index contributed by atoms with van der Waals surface area (Å²) in [7, 11) is 0. The average molecular weight is 256 g/mol. The van der Waals surface area contributed by atoms with Crippen LogP contribution in [0.3, 0.4) is 0 Å². The van der Waals surface area contributed by atoms with Gasteiger partial charge in [-0.25, -0.2) is 0 Å². The summed E-state index contributed by atoms with van der Waals surface area (Å²) in [6, 6.07) is 7.32. The lowest BCUT2D eigenvalue weighted by Crippen LogP contribution is -2.03. The molecule has 1 aromatic carbocycles. The summed E-state index contributed by atoms with van der Waals surface area (Å²) in [5.74, 6) is 0.546. The quantitative estimate of drug-likeness (QED) is 0.614. The van der Waals surface area contributed by atoms with Gasteiger partial charge in [-0.2, -0.15) is 5.26 Å². The molecule has 3 nitrogen and oxygen atoms in total. The lowest BCUT2D eigenvalue weighted by atomic mass is 10.2. The van der Waals surface area contributed by atoms with Crippen LogP contribution in [0.1, 0.15) is 12.5 Å². The number of benzene rings is 1. The van der Waals surface area contributed by atoms with Gasteiger partial charge in [0.1, 0.15) is 11.8 Å². The van der Waals surface area contributed by atoms with E-state index in [1.54, 1.807) is 12.1 Å². The summed E-state index contributed by atoms with van der Waals surface area (Å²) in [6.45, 7) is 2.65. The van der Waals surface area contributed by atoms with Crippen LogP contribution in [0.25, 0.3) is 0 Å². The topological polar surface area (TPSA) is 42.2 Å². The van der Waals surface area contributed by atoms with Crippen molar-refractivity contribution in [1.29, 1.82) is 5.26 Å².